The molecule has 0 aliphatic carbocycles. The lowest BCUT2D eigenvalue weighted by molar-refractivity contribution is -0.142. The molecular formula is C21H18BrF3O5. The number of furan rings is 1. The quantitative estimate of drug-likeness (QED) is 0.388. The van der Waals surface area contributed by atoms with Crippen molar-refractivity contribution >= 4 is 32.9 Å². The van der Waals surface area contributed by atoms with Crippen LogP contribution in [0.3, 0.4) is 0 Å². The first-order valence-electron chi connectivity index (χ1n) is 8.95. The van der Waals surface area contributed by atoms with E-state index >= 15 is 0 Å². The van der Waals surface area contributed by atoms with Gasteiger partial charge in [-0.3, -0.25) is 4.79 Å². The second-order valence-electron chi connectivity index (χ2n) is 6.33. The van der Waals surface area contributed by atoms with Crippen LogP contribution in [-0.2, 0) is 28.7 Å². The van der Waals surface area contributed by atoms with E-state index in [1.165, 1.54) is 19.4 Å². The van der Waals surface area contributed by atoms with E-state index in [1.54, 1.807) is 25.1 Å². The number of carbonyl (C=O) groups excluding carboxylic acids is 1. The van der Waals surface area contributed by atoms with Crippen molar-refractivity contribution in [3.8, 4) is 11.5 Å². The Morgan fingerprint density at radius 1 is 1.17 bits per heavy atom. The molecule has 0 saturated carbocycles. The first-order valence-corrected chi connectivity index (χ1v) is 9.74. The molecule has 5 nitrogen and oxygen atoms in total. The Bertz CT molecular complexity index is 1060. The Labute approximate surface area is 178 Å². The minimum atomic E-state index is -4.56. The predicted molar refractivity (Wildman–Crippen MR) is 107 cm³/mol. The van der Waals surface area contributed by atoms with E-state index in [9.17, 15) is 18.0 Å². The summed E-state index contributed by atoms with van der Waals surface area (Å²) in [6, 6.07) is 7.47. The smallest absolute Gasteiger partial charge is 0.420 e. The van der Waals surface area contributed by atoms with Crippen LogP contribution in [-0.4, -0.2) is 19.7 Å². The number of esters is 1. The van der Waals surface area contributed by atoms with E-state index in [0.717, 1.165) is 6.07 Å². The van der Waals surface area contributed by atoms with Gasteiger partial charge in [0.1, 0.15) is 23.7 Å². The molecule has 3 rings (SSSR count). The third-order valence-electron chi connectivity index (χ3n) is 4.32. The standard InChI is InChI=1S/C21H18BrF3O5/c1-3-28-19(26)6-12-4-5-15(27-2)9-18(12)29-10-13-11-30-20-16(13)7-14(22)8-17(20)21(23,24)25/h4-5,7-9,11H,3,6,10H2,1-2H3. The van der Waals surface area contributed by atoms with Crippen molar-refractivity contribution in [3.05, 3.63) is 57.8 Å². The summed E-state index contributed by atoms with van der Waals surface area (Å²) in [6.07, 6.45) is -3.34. The first-order chi connectivity index (χ1) is 14.2. The number of halogens is 4. The molecule has 2 aromatic carbocycles. The van der Waals surface area contributed by atoms with Gasteiger partial charge in [-0.15, -0.1) is 0 Å². The fraction of sp³-hybridized carbons (Fsp3) is 0.286. The van der Waals surface area contributed by atoms with Crippen LogP contribution >= 0.6 is 15.9 Å². The maximum atomic E-state index is 13.3. The lowest BCUT2D eigenvalue weighted by Crippen LogP contribution is -2.09. The summed E-state index contributed by atoms with van der Waals surface area (Å²) < 4.78 is 61.4. The van der Waals surface area contributed by atoms with Crippen molar-refractivity contribution in [3.63, 3.8) is 0 Å². The number of carbonyl (C=O) groups is 1. The number of hydrogen-bond acceptors (Lipinski definition) is 5. The van der Waals surface area contributed by atoms with Crippen molar-refractivity contribution in [2.75, 3.05) is 13.7 Å². The van der Waals surface area contributed by atoms with Gasteiger partial charge in [0.05, 0.1) is 32.0 Å². The number of alkyl halides is 3. The van der Waals surface area contributed by atoms with Crippen LogP contribution in [0.15, 0.2) is 45.5 Å². The topological polar surface area (TPSA) is 57.9 Å². The van der Waals surface area contributed by atoms with Gasteiger partial charge in [0.2, 0.25) is 0 Å². The molecule has 0 unspecified atom stereocenters. The summed E-state index contributed by atoms with van der Waals surface area (Å²) in [5, 5.41) is 0.284. The molecule has 1 aromatic heterocycles. The van der Waals surface area contributed by atoms with Gasteiger partial charge in [0.15, 0.2) is 0 Å². The van der Waals surface area contributed by atoms with Gasteiger partial charge in [0.25, 0.3) is 0 Å². The second kappa shape index (κ2) is 8.99. The molecule has 0 amide bonds. The summed E-state index contributed by atoms with van der Waals surface area (Å²) >= 11 is 3.11. The lowest BCUT2D eigenvalue weighted by atomic mass is 10.1. The van der Waals surface area contributed by atoms with Gasteiger partial charge >= 0.3 is 12.1 Å². The third kappa shape index (κ3) is 4.89. The molecule has 0 N–H and O–H groups in total. The van der Waals surface area contributed by atoms with Crippen molar-refractivity contribution in [2.45, 2.75) is 26.1 Å². The van der Waals surface area contributed by atoms with Crippen LogP contribution in [0.5, 0.6) is 11.5 Å². The van der Waals surface area contributed by atoms with Crippen LogP contribution in [0.2, 0.25) is 0 Å². The van der Waals surface area contributed by atoms with E-state index < -0.39 is 17.7 Å². The summed E-state index contributed by atoms with van der Waals surface area (Å²) in [7, 11) is 1.49. The summed E-state index contributed by atoms with van der Waals surface area (Å²) in [5.74, 6) is 0.458. The molecule has 0 radical (unpaired) electrons. The number of ether oxygens (including phenoxy) is 3. The fourth-order valence-corrected chi connectivity index (χ4v) is 3.40. The molecule has 0 aliphatic heterocycles. The monoisotopic (exact) mass is 486 g/mol. The van der Waals surface area contributed by atoms with Crippen LogP contribution in [0.4, 0.5) is 13.2 Å². The number of rotatable bonds is 7. The van der Waals surface area contributed by atoms with Crippen LogP contribution in [0.1, 0.15) is 23.6 Å². The average Bonchev–Trinajstić information content (AvgIpc) is 3.08. The SMILES string of the molecule is CCOC(=O)Cc1ccc(OC)cc1OCc1coc2c(C(F)(F)F)cc(Br)cc12. The maximum Gasteiger partial charge on any atom is 0.420 e. The number of benzene rings is 2. The lowest BCUT2D eigenvalue weighted by Gasteiger charge is -2.13. The highest BCUT2D eigenvalue weighted by atomic mass is 79.9. The van der Waals surface area contributed by atoms with Crippen molar-refractivity contribution in [1.29, 1.82) is 0 Å². The molecule has 3 aromatic rings. The van der Waals surface area contributed by atoms with Gasteiger partial charge in [0, 0.05) is 27.1 Å². The molecule has 30 heavy (non-hydrogen) atoms. The van der Waals surface area contributed by atoms with Crippen molar-refractivity contribution in [1.82, 2.24) is 0 Å². The van der Waals surface area contributed by atoms with E-state index in [1.807, 2.05) is 0 Å². The molecule has 0 fully saturated rings. The van der Waals surface area contributed by atoms with Crippen LogP contribution < -0.4 is 9.47 Å². The van der Waals surface area contributed by atoms with E-state index in [4.69, 9.17) is 18.6 Å². The van der Waals surface area contributed by atoms with E-state index in [0.29, 0.717) is 22.6 Å². The summed E-state index contributed by atoms with van der Waals surface area (Å²) in [4.78, 5) is 11.9. The minimum Gasteiger partial charge on any atom is -0.497 e. The second-order valence-corrected chi connectivity index (χ2v) is 7.25. The number of hydrogen-bond donors (Lipinski definition) is 0. The predicted octanol–water partition coefficient (Wildman–Crippen LogP) is 5.91. The van der Waals surface area contributed by atoms with Crippen LogP contribution in [0, 0.1) is 0 Å². The molecule has 0 spiro atoms. The van der Waals surface area contributed by atoms with Crippen molar-refractivity contribution < 1.29 is 36.6 Å². The van der Waals surface area contributed by atoms with Gasteiger partial charge in [-0.25, -0.2) is 0 Å². The zero-order valence-corrected chi connectivity index (χ0v) is 17.7. The van der Waals surface area contributed by atoms with Gasteiger partial charge in [-0.2, -0.15) is 13.2 Å². The van der Waals surface area contributed by atoms with E-state index in [-0.39, 0.29) is 35.1 Å². The van der Waals surface area contributed by atoms with Gasteiger partial charge < -0.3 is 18.6 Å². The summed E-state index contributed by atoms with van der Waals surface area (Å²) in [6.45, 7) is 1.90. The zero-order chi connectivity index (χ0) is 21.9. The Balaban J connectivity index is 1.91. The molecule has 1 heterocycles. The third-order valence-corrected chi connectivity index (χ3v) is 4.78. The Morgan fingerprint density at radius 3 is 2.60 bits per heavy atom. The Morgan fingerprint density at radius 2 is 1.93 bits per heavy atom. The number of methoxy groups -OCH3 is 1. The molecule has 0 saturated heterocycles. The highest BCUT2D eigenvalue weighted by Crippen LogP contribution is 2.39. The highest BCUT2D eigenvalue weighted by molar-refractivity contribution is 9.10. The molecular weight excluding hydrogens is 469 g/mol. The molecule has 0 bridgehead atoms. The largest absolute Gasteiger partial charge is 0.497 e. The van der Waals surface area contributed by atoms with Gasteiger partial charge in [-0.05, 0) is 25.1 Å². The minimum absolute atomic E-state index is 0.0108. The van der Waals surface area contributed by atoms with Gasteiger partial charge in [-0.1, -0.05) is 22.0 Å². The molecule has 0 atom stereocenters. The maximum absolute atomic E-state index is 13.3. The first kappa shape index (κ1) is 22.0. The van der Waals surface area contributed by atoms with E-state index in [2.05, 4.69) is 15.9 Å². The molecule has 160 valence electrons. The average molecular weight is 487 g/mol. The highest BCUT2D eigenvalue weighted by Gasteiger charge is 2.35. The normalized spacial score (nSPS) is 11.5. The molecule has 0 aliphatic rings. The molecule has 9 heteroatoms. The fourth-order valence-electron chi connectivity index (χ4n) is 2.94. The zero-order valence-electron chi connectivity index (χ0n) is 16.1. The summed E-state index contributed by atoms with van der Waals surface area (Å²) in [5.41, 5.74) is -0.134. The Hall–Kier alpha value is -2.68. The number of fused-ring (bicyclic) bond motifs is 1. The van der Waals surface area contributed by atoms with Crippen molar-refractivity contribution in [2.24, 2.45) is 0 Å². The van der Waals surface area contributed by atoms with Crippen LogP contribution in [0.25, 0.3) is 11.0 Å². The Kier molecular flexibility index (Phi) is 6.60.